The van der Waals surface area contributed by atoms with Crippen LogP contribution >= 0.6 is 11.3 Å². The lowest BCUT2D eigenvalue weighted by Gasteiger charge is -2.11. The summed E-state index contributed by atoms with van der Waals surface area (Å²) < 4.78 is 11.2. The number of rotatable bonds is 7. The molecule has 2 aromatic heterocycles. The van der Waals surface area contributed by atoms with Crippen LogP contribution in [0.5, 0.6) is 11.5 Å². The number of carbonyl (C=O) groups is 1. The summed E-state index contributed by atoms with van der Waals surface area (Å²) in [5.74, 6) is 0.279. The lowest BCUT2D eigenvalue weighted by atomic mass is 10.1. The van der Waals surface area contributed by atoms with Crippen molar-refractivity contribution in [1.82, 2.24) is 9.97 Å². The Morgan fingerprint density at radius 1 is 1.15 bits per heavy atom. The zero-order valence-electron chi connectivity index (χ0n) is 14.4. The Morgan fingerprint density at radius 2 is 1.92 bits per heavy atom. The van der Waals surface area contributed by atoms with E-state index in [9.17, 15) is 9.90 Å². The molecule has 0 spiro atoms. The Balaban J connectivity index is 1.98. The fourth-order valence-corrected chi connectivity index (χ4v) is 3.31. The largest absolute Gasteiger partial charge is 0.490 e. The number of carboxylic acids is 1. The smallest absolute Gasteiger partial charge is 0.355 e. The number of aromatic carboxylic acids is 1. The highest BCUT2D eigenvalue weighted by Gasteiger charge is 2.16. The van der Waals surface area contributed by atoms with Gasteiger partial charge >= 0.3 is 5.97 Å². The Labute approximate surface area is 155 Å². The standard InChI is InChI=1S/C19H18N2O4S/c1-3-24-15-8-7-12(10-16(15)25-4-2)18-21-14(11-26-18)13-6-5-9-20-17(13)19(22)23/h5-11H,3-4H2,1-2H3,(H,22,23). The average Bonchev–Trinajstić information content (AvgIpc) is 3.13. The summed E-state index contributed by atoms with van der Waals surface area (Å²) in [6.45, 7) is 4.93. The maximum Gasteiger partial charge on any atom is 0.355 e. The number of pyridine rings is 1. The summed E-state index contributed by atoms with van der Waals surface area (Å²) in [4.78, 5) is 19.9. The van der Waals surface area contributed by atoms with Crippen LogP contribution in [0.25, 0.3) is 21.8 Å². The minimum atomic E-state index is -1.07. The zero-order valence-corrected chi connectivity index (χ0v) is 15.2. The number of ether oxygens (including phenoxy) is 2. The van der Waals surface area contributed by atoms with Gasteiger partial charge in [0.25, 0.3) is 0 Å². The molecule has 3 aromatic rings. The van der Waals surface area contributed by atoms with Gasteiger partial charge in [0.1, 0.15) is 5.01 Å². The SMILES string of the molecule is CCOc1ccc(-c2nc(-c3cccnc3C(=O)O)cs2)cc1OCC. The van der Waals surface area contributed by atoms with Crippen molar-refractivity contribution in [2.75, 3.05) is 13.2 Å². The van der Waals surface area contributed by atoms with Crippen LogP contribution < -0.4 is 9.47 Å². The van der Waals surface area contributed by atoms with Gasteiger partial charge in [-0.2, -0.15) is 0 Å². The van der Waals surface area contributed by atoms with Crippen LogP contribution in [-0.2, 0) is 0 Å². The summed E-state index contributed by atoms with van der Waals surface area (Å²) in [7, 11) is 0. The van der Waals surface area contributed by atoms with Crippen LogP contribution in [0.1, 0.15) is 24.3 Å². The van der Waals surface area contributed by atoms with E-state index in [2.05, 4.69) is 9.97 Å². The maximum absolute atomic E-state index is 11.4. The highest BCUT2D eigenvalue weighted by Crippen LogP contribution is 2.35. The van der Waals surface area contributed by atoms with Crippen LogP contribution in [0.4, 0.5) is 0 Å². The second-order valence-electron chi connectivity index (χ2n) is 5.27. The second kappa shape index (κ2) is 7.97. The molecule has 0 aliphatic carbocycles. The number of hydrogen-bond acceptors (Lipinski definition) is 6. The molecule has 0 saturated heterocycles. The molecule has 134 valence electrons. The third-order valence-corrected chi connectivity index (χ3v) is 4.47. The summed E-state index contributed by atoms with van der Waals surface area (Å²) in [6, 6.07) is 9.07. The van der Waals surface area contributed by atoms with Crippen molar-refractivity contribution in [2.24, 2.45) is 0 Å². The maximum atomic E-state index is 11.4. The minimum absolute atomic E-state index is 0.00829. The Kier molecular flexibility index (Phi) is 5.48. The molecule has 0 amide bonds. The van der Waals surface area contributed by atoms with Crippen LogP contribution in [0.2, 0.25) is 0 Å². The normalized spacial score (nSPS) is 10.5. The Bertz CT molecular complexity index is 923. The molecule has 0 unspecified atom stereocenters. The average molecular weight is 370 g/mol. The number of aromatic nitrogens is 2. The zero-order chi connectivity index (χ0) is 18.5. The van der Waals surface area contributed by atoms with Gasteiger partial charge in [-0.1, -0.05) is 0 Å². The third-order valence-electron chi connectivity index (χ3n) is 3.58. The minimum Gasteiger partial charge on any atom is -0.490 e. The number of benzene rings is 1. The van der Waals surface area contributed by atoms with E-state index in [4.69, 9.17) is 9.47 Å². The van der Waals surface area contributed by atoms with Crippen molar-refractivity contribution in [3.8, 4) is 33.3 Å². The van der Waals surface area contributed by atoms with E-state index < -0.39 is 5.97 Å². The lowest BCUT2D eigenvalue weighted by Crippen LogP contribution is -2.02. The quantitative estimate of drug-likeness (QED) is 0.665. The van der Waals surface area contributed by atoms with E-state index in [0.717, 1.165) is 10.6 Å². The van der Waals surface area contributed by atoms with Crippen molar-refractivity contribution in [3.63, 3.8) is 0 Å². The molecule has 1 aromatic carbocycles. The molecule has 7 heteroatoms. The molecule has 26 heavy (non-hydrogen) atoms. The fraction of sp³-hybridized carbons (Fsp3) is 0.211. The van der Waals surface area contributed by atoms with Gasteiger partial charge in [0.2, 0.25) is 0 Å². The van der Waals surface area contributed by atoms with Crippen LogP contribution in [0.3, 0.4) is 0 Å². The first-order valence-corrected chi connectivity index (χ1v) is 9.06. The molecule has 0 aliphatic rings. The highest BCUT2D eigenvalue weighted by molar-refractivity contribution is 7.13. The second-order valence-corrected chi connectivity index (χ2v) is 6.13. The van der Waals surface area contributed by atoms with E-state index >= 15 is 0 Å². The molecule has 3 rings (SSSR count). The van der Waals surface area contributed by atoms with Gasteiger partial charge in [-0.05, 0) is 44.2 Å². The number of thiazole rings is 1. The van der Waals surface area contributed by atoms with Crippen LogP contribution in [0, 0.1) is 0 Å². The highest BCUT2D eigenvalue weighted by atomic mass is 32.1. The first-order valence-electron chi connectivity index (χ1n) is 8.18. The summed E-state index contributed by atoms with van der Waals surface area (Å²) in [5, 5.41) is 11.9. The van der Waals surface area contributed by atoms with Gasteiger partial charge in [0.15, 0.2) is 17.2 Å². The van der Waals surface area contributed by atoms with Crippen molar-refractivity contribution in [3.05, 3.63) is 47.6 Å². The Morgan fingerprint density at radius 3 is 2.65 bits per heavy atom. The van der Waals surface area contributed by atoms with Crippen LogP contribution in [0.15, 0.2) is 41.9 Å². The monoisotopic (exact) mass is 370 g/mol. The van der Waals surface area contributed by atoms with Gasteiger partial charge < -0.3 is 14.6 Å². The van der Waals surface area contributed by atoms with Crippen molar-refractivity contribution < 1.29 is 19.4 Å². The summed E-state index contributed by atoms with van der Waals surface area (Å²) in [6.07, 6.45) is 1.46. The van der Waals surface area contributed by atoms with Gasteiger partial charge in [-0.15, -0.1) is 11.3 Å². The number of nitrogens with zero attached hydrogens (tertiary/aromatic N) is 2. The van der Waals surface area contributed by atoms with Crippen molar-refractivity contribution in [1.29, 1.82) is 0 Å². The molecule has 0 aliphatic heterocycles. The van der Waals surface area contributed by atoms with E-state index in [0.29, 0.717) is 36.0 Å². The predicted molar refractivity (Wildman–Crippen MR) is 100 cm³/mol. The predicted octanol–water partition coefficient (Wildman–Crippen LogP) is 4.37. The molecule has 0 radical (unpaired) electrons. The number of carboxylic acid groups (broad SMARTS) is 1. The van der Waals surface area contributed by atoms with E-state index in [1.165, 1.54) is 17.5 Å². The molecule has 1 N–H and O–H groups in total. The van der Waals surface area contributed by atoms with Gasteiger partial charge in [0, 0.05) is 22.7 Å². The van der Waals surface area contributed by atoms with Crippen molar-refractivity contribution in [2.45, 2.75) is 13.8 Å². The van der Waals surface area contributed by atoms with E-state index in [1.807, 2.05) is 37.4 Å². The Hall–Kier alpha value is -2.93. The molecule has 2 heterocycles. The first-order chi connectivity index (χ1) is 12.6. The van der Waals surface area contributed by atoms with Gasteiger partial charge in [-0.25, -0.2) is 14.8 Å². The van der Waals surface area contributed by atoms with E-state index in [1.54, 1.807) is 12.1 Å². The van der Waals surface area contributed by atoms with E-state index in [-0.39, 0.29) is 5.69 Å². The molecule has 0 atom stereocenters. The fourth-order valence-electron chi connectivity index (χ4n) is 2.50. The van der Waals surface area contributed by atoms with Crippen molar-refractivity contribution >= 4 is 17.3 Å². The van der Waals surface area contributed by atoms with Crippen LogP contribution in [-0.4, -0.2) is 34.3 Å². The first kappa shape index (κ1) is 17.9. The molecule has 6 nitrogen and oxygen atoms in total. The molecule has 0 saturated carbocycles. The van der Waals surface area contributed by atoms with Gasteiger partial charge in [-0.3, -0.25) is 0 Å². The molecular formula is C19H18N2O4S. The molecular weight excluding hydrogens is 352 g/mol. The molecule has 0 bridgehead atoms. The molecule has 0 fully saturated rings. The summed E-state index contributed by atoms with van der Waals surface area (Å²) in [5.41, 5.74) is 1.96. The third kappa shape index (κ3) is 3.67. The van der Waals surface area contributed by atoms with Gasteiger partial charge in [0.05, 0.1) is 18.9 Å². The summed E-state index contributed by atoms with van der Waals surface area (Å²) >= 11 is 1.44. The number of hydrogen-bond donors (Lipinski definition) is 1. The lowest BCUT2D eigenvalue weighted by molar-refractivity contribution is 0.0691. The topological polar surface area (TPSA) is 81.5 Å².